The maximum Gasteiger partial charge on any atom is 0.337 e. The van der Waals surface area contributed by atoms with Crippen LogP contribution >= 0.6 is 0 Å². The molecule has 0 aliphatic carbocycles. The lowest BCUT2D eigenvalue weighted by Gasteiger charge is -2.06. The molecular formula is C12H12N4O4. The Labute approximate surface area is 114 Å². The van der Waals surface area contributed by atoms with E-state index < -0.39 is 10.9 Å². The molecule has 0 saturated carbocycles. The Hall–Kier alpha value is -2.90. The molecule has 1 N–H and O–H groups in total. The molecule has 0 radical (unpaired) electrons. The van der Waals surface area contributed by atoms with E-state index in [1.165, 1.54) is 25.3 Å². The number of nitrogens with one attached hydrogen (secondary N) is 1. The van der Waals surface area contributed by atoms with Gasteiger partial charge >= 0.3 is 5.97 Å². The molecule has 0 bridgehead atoms. The van der Waals surface area contributed by atoms with Crippen molar-refractivity contribution in [2.45, 2.75) is 0 Å². The number of carbonyl (C=O) groups is 1. The Kier molecular flexibility index (Phi) is 3.65. The second-order valence-corrected chi connectivity index (χ2v) is 3.98. The number of nitro benzene ring substituents is 1. The second-order valence-electron chi connectivity index (χ2n) is 3.98. The van der Waals surface area contributed by atoms with Gasteiger partial charge < -0.3 is 10.1 Å². The first-order valence-electron chi connectivity index (χ1n) is 5.64. The highest BCUT2D eigenvalue weighted by Crippen LogP contribution is 2.28. The summed E-state index contributed by atoms with van der Waals surface area (Å²) in [5.41, 5.74) is 0.247. The number of methoxy groups -OCH3 is 1. The van der Waals surface area contributed by atoms with Gasteiger partial charge in [-0.2, -0.15) is 5.10 Å². The molecule has 0 atom stereocenters. The minimum absolute atomic E-state index is 0.150. The van der Waals surface area contributed by atoms with Crippen molar-refractivity contribution in [3.8, 4) is 0 Å². The number of ether oxygens (including phenoxy) is 1. The van der Waals surface area contributed by atoms with E-state index in [9.17, 15) is 14.9 Å². The SMILES string of the molecule is COC(=O)c1ccc([N+](=O)[O-])c(Nc2ccn(C)n2)c1. The lowest BCUT2D eigenvalue weighted by molar-refractivity contribution is -0.383. The Bertz CT molecular complexity index is 665. The molecule has 20 heavy (non-hydrogen) atoms. The van der Waals surface area contributed by atoms with E-state index in [0.29, 0.717) is 5.82 Å². The minimum Gasteiger partial charge on any atom is -0.465 e. The van der Waals surface area contributed by atoms with Gasteiger partial charge in [0.25, 0.3) is 5.69 Å². The molecule has 1 heterocycles. The molecule has 8 heteroatoms. The monoisotopic (exact) mass is 276 g/mol. The fourth-order valence-electron chi connectivity index (χ4n) is 1.66. The summed E-state index contributed by atoms with van der Waals surface area (Å²) in [7, 11) is 2.97. The second kappa shape index (κ2) is 5.39. The van der Waals surface area contributed by atoms with Crippen LogP contribution in [0, 0.1) is 10.1 Å². The van der Waals surface area contributed by atoms with Crippen LogP contribution in [0.15, 0.2) is 30.5 Å². The topological polar surface area (TPSA) is 99.3 Å². The molecule has 0 spiro atoms. The highest BCUT2D eigenvalue weighted by Gasteiger charge is 2.17. The number of hydrogen-bond acceptors (Lipinski definition) is 6. The number of esters is 1. The number of benzene rings is 1. The van der Waals surface area contributed by atoms with Crippen molar-refractivity contribution >= 4 is 23.2 Å². The fraction of sp³-hybridized carbons (Fsp3) is 0.167. The van der Waals surface area contributed by atoms with Crippen molar-refractivity contribution in [3.63, 3.8) is 0 Å². The van der Waals surface area contributed by atoms with Gasteiger partial charge in [-0.1, -0.05) is 0 Å². The summed E-state index contributed by atoms with van der Waals surface area (Å²) in [5.74, 6) is -0.124. The molecule has 1 aromatic carbocycles. The molecule has 2 rings (SSSR count). The highest BCUT2D eigenvalue weighted by molar-refractivity contribution is 5.91. The Balaban J connectivity index is 2.41. The predicted octanol–water partition coefficient (Wildman–Crippen LogP) is 1.86. The van der Waals surface area contributed by atoms with Crippen LogP contribution in [0.3, 0.4) is 0 Å². The van der Waals surface area contributed by atoms with E-state index in [1.54, 1.807) is 24.0 Å². The van der Waals surface area contributed by atoms with Gasteiger partial charge in [0.15, 0.2) is 5.82 Å². The van der Waals surface area contributed by atoms with Crippen molar-refractivity contribution < 1.29 is 14.5 Å². The lowest BCUT2D eigenvalue weighted by atomic mass is 10.1. The van der Waals surface area contributed by atoms with E-state index in [2.05, 4.69) is 15.2 Å². The fourth-order valence-corrected chi connectivity index (χ4v) is 1.66. The molecule has 2 aromatic rings. The van der Waals surface area contributed by atoms with Crippen molar-refractivity contribution in [3.05, 3.63) is 46.1 Å². The van der Waals surface area contributed by atoms with E-state index >= 15 is 0 Å². The van der Waals surface area contributed by atoms with E-state index in [-0.39, 0.29) is 16.9 Å². The first-order valence-corrected chi connectivity index (χ1v) is 5.64. The average molecular weight is 276 g/mol. The highest BCUT2D eigenvalue weighted by atomic mass is 16.6. The van der Waals surface area contributed by atoms with Crippen LogP contribution in [0.1, 0.15) is 10.4 Å². The number of anilines is 2. The van der Waals surface area contributed by atoms with Gasteiger partial charge in [-0.25, -0.2) is 4.79 Å². The first kappa shape index (κ1) is 13.5. The molecule has 0 fully saturated rings. The van der Waals surface area contributed by atoms with Gasteiger partial charge in [-0.3, -0.25) is 14.8 Å². The van der Waals surface area contributed by atoms with Crippen molar-refractivity contribution in [1.82, 2.24) is 9.78 Å². The molecule has 8 nitrogen and oxygen atoms in total. The van der Waals surface area contributed by atoms with Crippen molar-refractivity contribution in [1.29, 1.82) is 0 Å². The smallest absolute Gasteiger partial charge is 0.337 e. The third-order valence-corrected chi connectivity index (χ3v) is 2.59. The van der Waals surface area contributed by atoms with Crippen molar-refractivity contribution in [2.75, 3.05) is 12.4 Å². The molecule has 0 aliphatic heterocycles. The Morgan fingerprint density at radius 3 is 2.75 bits per heavy atom. The van der Waals surface area contributed by atoms with Crippen LogP contribution < -0.4 is 5.32 Å². The average Bonchev–Trinajstić information content (AvgIpc) is 2.82. The van der Waals surface area contributed by atoms with Gasteiger partial charge in [0, 0.05) is 25.4 Å². The number of nitrogens with zero attached hydrogens (tertiary/aromatic N) is 3. The van der Waals surface area contributed by atoms with E-state index in [1.807, 2.05) is 0 Å². The van der Waals surface area contributed by atoms with E-state index in [4.69, 9.17) is 0 Å². The number of aromatic nitrogens is 2. The zero-order valence-corrected chi connectivity index (χ0v) is 10.9. The van der Waals surface area contributed by atoms with Crippen molar-refractivity contribution in [2.24, 2.45) is 7.05 Å². The van der Waals surface area contributed by atoms with Gasteiger partial charge in [-0.15, -0.1) is 0 Å². The van der Waals surface area contributed by atoms with Crippen LogP contribution in [-0.4, -0.2) is 27.8 Å². The molecule has 0 unspecified atom stereocenters. The molecule has 104 valence electrons. The standard InChI is InChI=1S/C12H12N4O4/c1-15-6-5-11(14-15)13-9-7-8(12(17)20-2)3-4-10(9)16(18)19/h3-7H,1-2H3,(H,13,14). The van der Waals surface area contributed by atoms with E-state index in [0.717, 1.165) is 0 Å². The van der Waals surface area contributed by atoms with Gasteiger partial charge in [-0.05, 0) is 12.1 Å². The number of nitro groups is 1. The maximum absolute atomic E-state index is 11.5. The summed E-state index contributed by atoms with van der Waals surface area (Å²) in [6.07, 6.45) is 1.69. The number of carbonyl (C=O) groups excluding carboxylic acids is 1. The summed E-state index contributed by atoms with van der Waals surface area (Å²) >= 11 is 0. The predicted molar refractivity (Wildman–Crippen MR) is 70.9 cm³/mol. The Morgan fingerprint density at radius 1 is 1.45 bits per heavy atom. The summed E-state index contributed by atoms with van der Waals surface area (Å²) in [4.78, 5) is 21.9. The zero-order valence-electron chi connectivity index (χ0n) is 10.9. The minimum atomic E-state index is -0.566. The van der Waals surface area contributed by atoms with Gasteiger partial charge in [0.1, 0.15) is 5.69 Å². The molecule has 1 aromatic heterocycles. The summed E-state index contributed by atoms with van der Waals surface area (Å²) in [6, 6.07) is 5.61. The normalized spacial score (nSPS) is 10.1. The molecular weight excluding hydrogens is 264 g/mol. The lowest BCUT2D eigenvalue weighted by Crippen LogP contribution is -2.04. The maximum atomic E-state index is 11.5. The number of aryl methyl sites for hydroxylation is 1. The summed E-state index contributed by atoms with van der Waals surface area (Å²) in [5, 5.41) is 17.9. The van der Waals surface area contributed by atoms with Crippen LogP contribution in [-0.2, 0) is 11.8 Å². The molecule has 0 amide bonds. The molecule has 0 saturated heterocycles. The first-order chi connectivity index (χ1) is 9.51. The van der Waals surface area contributed by atoms with Gasteiger partial charge in [0.2, 0.25) is 0 Å². The molecule has 0 aliphatic rings. The largest absolute Gasteiger partial charge is 0.465 e. The van der Waals surface area contributed by atoms with Crippen LogP contribution in [0.25, 0.3) is 0 Å². The quantitative estimate of drug-likeness (QED) is 0.519. The Morgan fingerprint density at radius 2 is 2.20 bits per heavy atom. The summed E-state index contributed by atoms with van der Waals surface area (Å²) in [6.45, 7) is 0. The van der Waals surface area contributed by atoms with Crippen LogP contribution in [0.4, 0.5) is 17.2 Å². The summed E-state index contributed by atoms with van der Waals surface area (Å²) < 4.78 is 6.14. The van der Waals surface area contributed by atoms with Gasteiger partial charge in [0.05, 0.1) is 17.6 Å². The third kappa shape index (κ3) is 2.74. The zero-order chi connectivity index (χ0) is 14.7. The van der Waals surface area contributed by atoms with Crippen LogP contribution in [0.5, 0.6) is 0 Å². The number of rotatable bonds is 4. The third-order valence-electron chi connectivity index (χ3n) is 2.59. The van der Waals surface area contributed by atoms with Crippen LogP contribution in [0.2, 0.25) is 0 Å². The number of hydrogen-bond donors (Lipinski definition) is 1.